The van der Waals surface area contributed by atoms with Gasteiger partial charge in [0.1, 0.15) is 0 Å². The van der Waals surface area contributed by atoms with Crippen molar-refractivity contribution in [1.82, 2.24) is 4.90 Å². The Labute approximate surface area is 69.7 Å². The van der Waals surface area contributed by atoms with Crippen molar-refractivity contribution in [3.63, 3.8) is 0 Å². The van der Waals surface area contributed by atoms with Crippen molar-refractivity contribution in [1.29, 1.82) is 0 Å². The highest BCUT2D eigenvalue weighted by molar-refractivity contribution is 5.10. The summed E-state index contributed by atoms with van der Waals surface area (Å²) in [7, 11) is 4.12. The van der Waals surface area contributed by atoms with E-state index in [4.69, 9.17) is 0 Å². The molecule has 0 aliphatic rings. The van der Waals surface area contributed by atoms with Crippen LogP contribution in [0.1, 0.15) is 6.92 Å². The van der Waals surface area contributed by atoms with Crippen LogP contribution in [0.25, 0.3) is 0 Å². The molecule has 0 saturated heterocycles. The van der Waals surface area contributed by atoms with E-state index < -0.39 is 0 Å². The lowest BCUT2D eigenvalue weighted by atomic mass is 10.3. The van der Waals surface area contributed by atoms with Gasteiger partial charge in [0.25, 0.3) is 0 Å². The fraction of sp³-hybridized carbons (Fsp3) is 0.400. The smallest absolute Gasteiger partial charge is 0.0246 e. The lowest BCUT2D eigenvalue weighted by Crippen LogP contribution is -2.21. The van der Waals surface area contributed by atoms with Crippen LogP contribution < -0.4 is 0 Å². The van der Waals surface area contributed by atoms with Gasteiger partial charge in [0.2, 0.25) is 0 Å². The van der Waals surface area contributed by atoms with Crippen LogP contribution in [0.4, 0.5) is 0 Å². The van der Waals surface area contributed by atoms with Gasteiger partial charge in [-0.3, -0.25) is 0 Å². The first-order chi connectivity index (χ1) is 5.18. The zero-order valence-corrected chi connectivity index (χ0v) is 7.62. The van der Waals surface area contributed by atoms with Gasteiger partial charge >= 0.3 is 0 Å². The Kier molecular flexibility index (Phi) is 5.49. The van der Waals surface area contributed by atoms with Crippen LogP contribution in [0.5, 0.6) is 0 Å². The third kappa shape index (κ3) is 5.62. The maximum atomic E-state index is 3.58. The van der Waals surface area contributed by atoms with Crippen LogP contribution in [-0.2, 0) is 0 Å². The van der Waals surface area contributed by atoms with E-state index >= 15 is 0 Å². The van der Waals surface area contributed by atoms with Gasteiger partial charge in [0, 0.05) is 6.04 Å². The molecule has 0 bridgehead atoms. The number of hydrogen-bond donors (Lipinski definition) is 0. The van der Waals surface area contributed by atoms with Gasteiger partial charge < -0.3 is 4.90 Å². The van der Waals surface area contributed by atoms with Crippen molar-refractivity contribution in [3.05, 3.63) is 37.0 Å². The molecule has 62 valence electrons. The zero-order chi connectivity index (χ0) is 8.69. The fourth-order valence-electron chi connectivity index (χ4n) is 0.540. The summed E-state index contributed by atoms with van der Waals surface area (Å²) in [6.07, 6.45) is 9.84. The van der Waals surface area contributed by atoms with E-state index in [1.165, 1.54) is 0 Å². The molecule has 0 heterocycles. The largest absolute Gasteiger partial charge is 0.303 e. The second-order valence-corrected chi connectivity index (χ2v) is 2.71. The van der Waals surface area contributed by atoms with Crippen molar-refractivity contribution in [2.24, 2.45) is 0 Å². The molecule has 0 fully saturated rings. The predicted molar refractivity (Wildman–Crippen MR) is 51.6 cm³/mol. The molecule has 0 aromatic rings. The monoisotopic (exact) mass is 151 g/mol. The topological polar surface area (TPSA) is 3.24 Å². The third-order valence-electron chi connectivity index (χ3n) is 1.56. The van der Waals surface area contributed by atoms with Gasteiger partial charge in [0.15, 0.2) is 0 Å². The van der Waals surface area contributed by atoms with Gasteiger partial charge in [-0.25, -0.2) is 0 Å². The van der Waals surface area contributed by atoms with E-state index in [1.807, 2.05) is 18.2 Å². The van der Waals surface area contributed by atoms with Gasteiger partial charge in [0.05, 0.1) is 0 Å². The van der Waals surface area contributed by atoms with Crippen LogP contribution >= 0.6 is 0 Å². The van der Waals surface area contributed by atoms with E-state index in [0.29, 0.717) is 6.04 Å². The normalized spacial score (nSPS) is 14.9. The SMILES string of the molecule is C=CC=CC=CC(C)N(C)C. The Hall–Kier alpha value is -0.820. The summed E-state index contributed by atoms with van der Waals surface area (Å²) in [6, 6.07) is 0.490. The molecule has 0 aromatic heterocycles. The van der Waals surface area contributed by atoms with Crippen molar-refractivity contribution in [3.8, 4) is 0 Å². The summed E-state index contributed by atoms with van der Waals surface area (Å²) in [5.41, 5.74) is 0. The molecule has 1 unspecified atom stereocenters. The highest BCUT2D eigenvalue weighted by atomic mass is 15.1. The predicted octanol–water partition coefficient (Wildman–Crippen LogP) is 2.23. The maximum Gasteiger partial charge on any atom is 0.0246 e. The number of likely N-dealkylation sites (N-methyl/N-ethyl adjacent to an activating group) is 1. The van der Waals surface area contributed by atoms with Gasteiger partial charge in [-0.05, 0) is 21.0 Å². The van der Waals surface area contributed by atoms with Crippen molar-refractivity contribution in [2.45, 2.75) is 13.0 Å². The second-order valence-electron chi connectivity index (χ2n) is 2.71. The van der Waals surface area contributed by atoms with Gasteiger partial charge in [-0.15, -0.1) is 0 Å². The first kappa shape index (κ1) is 10.2. The molecular weight excluding hydrogens is 134 g/mol. The van der Waals surface area contributed by atoms with Crippen molar-refractivity contribution >= 4 is 0 Å². The minimum atomic E-state index is 0.490. The highest BCUT2D eigenvalue weighted by Crippen LogP contribution is 1.93. The van der Waals surface area contributed by atoms with Gasteiger partial charge in [-0.1, -0.05) is 37.0 Å². The summed E-state index contributed by atoms with van der Waals surface area (Å²) in [5.74, 6) is 0. The molecule has 0 spiro atoms. The molecule has 0 amide bonds. The Balaban J connectivity index is 3.73. The number of nitrogens with zero attached hydrogens (tertiary/aromatic N) is 1. The Bertz CT molecular complexity index is 154. The molecule has 0 saturated carbocycles. The van der Waals surface area contributed by atoms with Crippen LogP contribution in [0, 0.1) is 0 Å². The third-order valence-corrected chi connectivity index (χ3v) is 1.56. The minimum Gasteiger partial charge on any atom is -0.303 e. The molecule has 0 N–H and O–H groups in total. The highest BCUT2D eigenvalue weighted by Gasteiger charge is 1.95. The summed E-state index contributed by atoms with van der Waals surface area (Å²) in [6.45, 7) is 5.73. The molecule has 0 radical (unpaired) electrons. The Morgan fingerprint density at radius 3 is 2.27 bits per heavy atom. The number of allylic oxidation sites excluding steroid dienone is 4. The van der Waals surface area contributed by atoms with E-state index in [0.717, 1.165) is 0 Å². The molecular formula is C10H17N. The number of hydrogen-bond acceptors (Lipinski definition) is 1. The minimum absolute atomic E-state index is 0.490. The van der Waals surface area contributed by atoms with E-state index in [2.05, 4.69) is 38.6 Å². The van der Waals surface area contributed by atoms with Crippen molar-refractivity contribution < 1.29 is 0 Å². The molecule has 0 aromatic carbocycles. The zero-order valence-electron chi connectivity index (χ0n) is 7.62. The summed E-state index contributed by atoms with van der Waals surface area (Å²) < 4.78 is 0. The maximum absolute atomic E-state index is 3.58. The fourth-order valence-corrected chi connectivity index (χ4v) is 0.540. The summed E-state index contributed by atoms with van der Waals surface area (Å²) in [5, 5.41) is 0. The molecule has 1 nitrogen and oxygen atoms in total. The summed E-state index contributed by atoms with van der Waals surface area (Å²) in [4.78, 5) is 2.15. The Morgan fingerprint density at radius 1 is 1.18 bits per heavy atom. The molecule has 11 heavy (non-hydrogen) atoms. The molecule has 0 aliphatic carbocycles. The molecule has 1 heteroatoms. The Morgan fingerprint density at radius 2 is 1.82 bits per heavy atom. The number of rotatable bonds is 4. The molecule has 0 rings (SSSR count). The second kappa shape index (κ2) is 5.93. The summed E-state index contributed by atoms with van der Waals surface area (Å²) >= 11 is 0. The average molecular weight is 151 g/mol. The van der Waals surface area contributed by atoms with Crippen LogP contribution in [0.15, 0.2) is 37.0 Å². The van der Waals surface area contributed by atoms with E-state index in [-0.39, 0.29) is 0 Å². The van der Waals surface area contributed by atoms with E-state index in [1.54, 1.807) is 6.08 Å². The van der Waals surface area contributed by atoms with Crippen LogP contribution in [0.2, 0.25) is 0 Å². The van der Waals surface area contributed by atoms with E-state index in [9.17, 15) is 0 Å². The van der Waals surface area contributed by atoms with Crippen molar-refractivity contribution in [2.75, 3.05) is 14.1 Å². The van der Waals surface area contributed by atoms with Crippen LogP contribution in [-0.4, -0.2) is 25.0 Å². The van der Waals surface area contributed by atoms with Gasteiger partial charge in [-0.2, -0.15) is 0 Å². The van der Waals surface area contributed by atoms with Crippen LogP contribution in [0.3, 0.4) is 0 Å². The molecule has 0 aliphatic heterocycles. The average Bonchev–Trinajstić information content (AvgIpc) is 1.97. The molecule has 1 atom stereocenters. The quantitative estimate of drug-likeness (QED) is 0.557. The standard InChI is InChI=1S/C10H17N/c1-5-6-7-8-9-10(2)11(3)4/h5-10H,1H2,2-4H3. The first-order valence-electron chi connectivity index (χ1n) is 3.80. The first-order valence-corrected chi connectivity index (χ1v) is 3.80. The lowest BCUT2D eigenvalue weighted by molar-refractivity contribution is 0.364. The lowest BCUT2D eigenvalue weighted by Gasteiger charge is -2.14.